The van der Waals surface area contributed by atoms with Crippen molar-refractivity contribution in [1.29, 1.82) is 0 Å². The molecule has 0 bridgehead atoms. The highest BCUT2D eigenvalue weighted by Crippen LogP contribution is 2.42. The maximum atomic E-state index is 12.5. The number of esters is 6. The van der Waals surface area contributed by atoms with Gasteiger partial charge in [-0.15, -0.1) is 0 Å². The molecule has 123 heavy (non-hydrogen) atoms. The first-order chi connectivity index (χ1) is 58.6. The predicted molar refractivity (Wildman–Crippen MR) is 506 cm³/mol. The van der Waals surface area contributed by atoms with Crippen molar-refractivity contribution in [3.05, 3.63) is 212 Å². The van der Waals surface area contributed by atoms with E-state index in [1.165, 1.54) is 130 Å². The summed E-state index contributed by atoms with van der Waals surface area (Å²) in [5.74, 6) is 2.85. The molecule has 6 unspecified atom stereocenters. The van der Waals surface area contributed by atoms with E-state index < -0.39 is 0 Å². The molecule has 0 amide bonds. The second-order valence-corrected chi connectivity index (χ2v) is 39.0. The quantitative estimate of drug-likeness (QED) is 0.0339. The Kier molecular flexibility index (Phi) is 41.5. The van der Waals surface area contributed by atoms with Gasteiger partial charge in [-0.2, -0.15) is 0 Å². The summed E-state index contributed by atoms with van der Waals surface area (Å²) in [6, 6.07) is 47.5. The van der Waals surface area contributed by atoms with Crippen LogP contribution in [-0.2, 0) is 28.4 Å². The van der Waals surface area contributed by atoms with Gasteiger partial charge in [0.1, 0.15) is 33.6 Å². The van der Waals surface area contributed by atoms with Crippen LogP contribution in [0.4, 0.5) is 0 Å². The van der Waals surface area contributed by atoms with E-state index in [9.17, 15) is 28.8 Å². The van der Waals surface area contributed by atoms with E-state index in [0.717, 1.165) is 128 Å². The Labute approximate surface area is 745 Å². The van der Waals surface area contributed by atoms with Gasteiger partial charge in [-0.3, -0.25) is 0 Å². The fourth-order valence-electron chi connectivity index (χ4n) is 18.4. The Bertz CT molecular complexity index is 4200. The third-order valence-electron chi connectivity index (χ3n) is 28.9. The molecule has 0 radical (unpaired) electrons. The molecule has 0 aromatic heterocycles. The first kappa shape index (κ1) is 102. The summed E-state index contributed by atoms with van der Waals surface area (Å²) in [5, 5.41) is 0. The molecule has 6 aliphatic carbocycles. The Morgan fingerprint density at radius 1 is 0.285 bits per heavy atom. The normalized spacial score (nSPS) is 18.6. The van der Waals surface area contributed by atoms with E-state index in [1.807, 2.05) is 109 Å². The average Bonchev–Trinajstić information content (AvgIpc) is 1.83. The standard InChI is InChI=1S/C20H30O2.2C19H28O2.2C18H26O2.C17H24O2/c1-5-15(2)16-10-9-11-17(14-16)19(21)22-20(3,4)18-12-7-6-8-13-18;1-5-14(2)15-9-8-10-16(13-15)18(20)21-19(3,4)17-11-6-7-12-17;1-4-15(3)16-10-9-11-17(14-16)18(20)21-19(5-2)12-7-6-8-13-19;1-4-14(2)15-9-8-10-16(13-15)17(19)20-18(3)11-6-5-7-12-18;1-4-14(3)15-9-8-10-16(13-15)17(19)20-18(5-2)11-6-7-12-18;1-4-13(2)14-8-7-9-15(12-14)16(18)19-17(3)10-5-6-11-17/h9-11,14-15,18H,5-8,12-13H2,1-4H3;8-10,13-14,17H,5-7,11-12H2,1-4H3;9-11,14-15H,4-8,12-13H2,1-3H3;2*8-10,13-14H,4-7,11-12H2,1-3H3;7-9,12-13H,4-6,10-11H2,1-3H3. The van der Waals surface area contributed by atoms with Gasteiger partial charge in [-0.1, -0.05) is 215 Å². The minimum atomic E-state index is -0.371. The third kappa shape index (κ3) is 31.6. The predicted octanol–water partition coefficient (Wildman–Crippen LogP) is 31.4. The molecule has 6 aromatic carbocycles. The molecule has 0 aliphatic heterocycles. The van der Waals surface area contributed by atoms with Crippen LogP contribution in [-0.4, -0.2) is 69.4 Å². The number of rotatable bonds is 28. The first-order valence-electron chi connectivity index (χ1n) is 48.7. The van der Waals surface area contributed by atoms with Crippen LogP contribution in [0.3, 0.4) is 0 Å². The Hall–Kier alpha value is -7.86. The maximum Gasteiger partial charge on any atom is 0.338 e. The van der Waals surface area contributed by atoms with Crippen molar-refractivity contribution in [2.75, 3.05) is 0 Å². The molecule has 6 atom stereocenters. The summed E-state index contributed by atoms with van der Waals surface area (Å²) >= 11 is 0. The number of benzene rings is 6. The minimum absolute atomic E-state index is 0.149. The van der Waals surface area contributed by atoms with Gasteiger partial charge < -0.3 is 28.4 Å². The smallest absolute Gasteiger partial charge is 0.338 e. The highest BCUT2D eigenvalue weighted by atomic mass is 16.6. The van der Waals surface area contributed by atoms with Gasteiger partial charge in [0.25, 0.3) is 0 Å². The zero-order valence-corrected chi connectivity index (χ0v) is 80.1. The molecule has 12 nitrogen and oxygen atoms in total. The number of hydrogen-bond donors (Lipinski definition) is 0. The molecular formula is C111H162O12. The van der Waals surface area contributed by atoms with Crippen molar-refractivity contribution in [3.8, 4) is 0 Å². The molecule has 0 heterocycles. The minimum Gasteiger partial charge on any atom is -0.456 e. The van der Waals surface area contributed by atoms with Crippen LogP contribution in [0.15, 0.2) is 146 Å². The number of carbonyl (C=O) groups is 6. The molecule has 6 aliphatic rings. The second-order valence-electron chi connectivity index (χ2n) is 39.0. The van der Waals surface area contributed by atoms with Gasteiger partial charge in [0.15, 0.2) is 0 Å². The van der Waals surface area contributed by atoms with E-state index in [4.69, 9.17) is 28.4 Å². The van der Waals surface area contributed by atoms with Gasteiger partial charge in [-0.25, -0.2) is 28.8 Å². The van der Waals surface area contributed by atoms with E-state index in [0.29, 0.717) is 80.7 Å². The zero-order valence-electron chi connectivity index (χ0n) is 80.1. The van der Waals surface area contributed by atoms with Gasteiger partial charge in [0.2, 0.25) is 0 Å². The van der Waals surface area contributed by atoms with Gasteiger partial charge in [-0.05, 0) is 375 Å². The van der Waals surface area contributed by atoms with Crippen LogP contribution in [0.1, 0.15) is 494 Å². The molecule has 6 saturated carbocycles. The van der Waals surface area contributed by atoms with Crippen molar-refractivity contribution in [1.82, 2.24) is 0 Å². The lowest BCUT2D eigenvalue weighted by molar-refractivity contribution is -0.0402. The van der Waals surface area contributed by atoms with Crippen LogP contribution < -0.4 is 0 Å². The molecular weight excluding hydrogens is 1530 g/mol. The Morgan fingerprint density at radius 2 is 0.480 bits per heavy atom. The fourth-order valence-corrected chi connectivity index (χ4v) is 18.4. The fraction of sp³-hybridized carbons (Fsp3) is 0.622. The van der Waals surface area contributed by atoms with Crippen LogP contribution in [0.5, 0.6) is 0 Å². The van der Waals surface area contributed by atoms with Crippen LogP contribution in [0.2, 0.25) is 0 Å². The highest BCUT2D eigenvalue weighted by molar-refractivity contribution is 5.93. The van der Waals surface area contributed by atoms with Gasteiger partial charge in [0.05, 0.1) is 33.4 Å². The zero-order chi connectivity index (χ0) is 90.0. The lowest BCUT2D eigenvalue weighted by atomic mass is 9.79. The van der Waals surface area contributed by atoms with Crippen molar-refractivity contribution < 1.29 is 57.2 Å². The Morgan fingerprint density at radius 3 is 0.715 bits per heavy atom. The molecule has 12 rings (SSSR count). The van der Waals surface area contributed by atoms with Gasteiger partial charge >= 0.3 is 35.8 Å². The van der Waals surface area contributed by atoms with Crippen LogP contribution >= 0.6 is 0 Å². The summed E-state index contributed by atoms with van der Waals surface area (Å²) < 4.78 is 35.0. The highest BCUT2D eigenvalue weighted by Gasteiger charge is 2.40. The van der Waals surface area contributed by atoms with E-state index in [-0.39, 0.29) is 69.4 Å². The van der Waals surface area contributed by atoms with E-state index in [1.54, 1.807) is 0 Å². The number of hydrogen-bond acceptors (Lipinski definition) is 12. The molecule has 0 spiro atoms. The lowest BCUT2D eigenvalue weighted by Crippen LogP contribution is -2.37. The van der Waals surface area contributed by atoms with Crippen LogP contribution in [0, 0.1) is 11.8 Å². The molecule has 6 fully saturated rings. The molecule has 0 N–H and O–H groups in total. The topological polar surface area (TPSA) is 158 Å². The molecule has 678 valence electrons. The van der Waals surface area contributed by atoms with Gasteiger partial charge in [0, 0.05) is 0 Å². The van der Waals surface area contributed by atoms with E-state index >= 15 is 0 Å². The van der Waals surface area contributed by atoms with Crippen LogP contribution in [0.25, 0.3) is 0 Å². The Balaban J connectivity index is 0.000000203. The summed E-state index contributed by atoms with van der Waals surface area (Å²) in [4.78, 5) is 74.5. The monoisotopic (exact) mass is 1690 g/mol. The first-order valence-corrected chi connectivity index (χ1v) is 48.7. The second kappa shape index (κ2) is 49.9. The number of ether oxygens (including phenoxy) is 6. The largest absolute Gasteiger partial charge is 0.456 e. The SMILES string of the molecule is CCC(C)c1cccc(C(=O)OC(C)(C)C2CCCC2)c1.CCC(C)c1cccc(C(=O)OC(C)(C)C2CCCCC2)c1.CCC(C)c1cccc(C(=O)OC2(C)CCCC2)c1.CCC(C)c1cccc(C(=O)OC2(C)CCCCC2)c1.CCC(C)c1cccc(C(=O)OC2(CC)CCCC2)c1.CCC(C)c1cccc(C(=O)OC2(CC)CCCCC2)c1. The summed E-state index contributed by atoms with van der Waals surface area (Å²) in [6.07, 6.45) is 39.3. The lowest BCUT2D eigenvalue weighted by Gasteiger charge is -2.36. The van der Waals surface area contributed by atoms with Crippen molar-refractivity contribution >= 4 is 35.8 Å². The molecule has 0 saturated heterocycles. The summed E-state index contributed by atoms with van der Waals surface area (Å²) in [7, 11) is 0. The average molecular weight is 1690 g/mol. The third-order valence-corrected chi connectivity index (χ3v) is 28.9. The number of carbonyl (C=O) groups excluding carboxylic acids is 6. The summed E-state index contributed by atoms with van der Waals surface area (Å²) in [5.41, 5.74) is 9.78. The van der Waals surface area contributed by atoms with Crippen molar-refractivity contribution in [2.24, 2.45) is 11.8 Å². The van der Waals surface area contributed by atoms with Crippen molar-refractivity contribution in [2.45, 2.75) is 432 Å². The summed E-state index contributed by atoms with van der Waals surface area (Å²) in [6.45, 7) is 42.8. The molecule has 6 aromatic rings. The molecule has 12 heteroatoms. The van der Waals surface area contributed by atoms with Crippen molar-refractivity contribution in [3.63, 3.8) is 0 Å². The van der Waals surface area contributed by atoms with E-state index in [2.05, 4.69) is 175 Å². The maximum absolute atomic E-state index is 12.5.